The molecule has 2 saturated heterocycles. The van der Waals surface area contributed by atoms with Gasteiger partial charge in [0.15, 0.2) is 4.91 Å². The van der Waals surface area contributed by atoms with Crippen LogP contribution in [0.25, 0.3) is 5.70 Å². The first kappa shape index (κ1) is 19.9. The largest absolute Gasteiger partial charge is 0.469 e. The number of benzene rings is 1. The molecular formula is C20H24N2O6S. The van der Waals surface area contributed by atoms with Gasteiger partial charge in [-0.1, -0.05) is 18.2 Å². The van der Waals surface area contributed by atoms with Crippen LogP contribution >= 0.6 is 0 Å². The third-order valence-electron chi connectivity index (χ3n) is 5.75. The van der Waals surface area contributed by atoms with Crippen molar-refractivity contribution in [3.63, 3.8) is 0 Å². The predicted octanol–water partition coefficient (Wildman–Crippen LogP) is 0.886. The maximum Gasteiger partial charge on any atom is 0.308 e. The zero-order chi connectivity index (χ0) is 20.6. The molecule has 0 N–H and O–H groups in total. The number of morpholine rings is 1. The summed E-state index contributed by atoms with van der Waals surface area (Å²) in [5, 5.41) is 0. The van der Waals surface area contributed by atoms with Crippen molar-refractivity contribution >= 4 is 27.4 Å². The number of hydrogen-bond acceptors (Lipinski definition) is 7. The summed E-state index contributed by atoms with van der Waals surface area (Å²) >= 11 is 0. The number of sulfone groups is 1. The molecule has 0 aromatic heterocycles. The third kappa shape index (κ3) is 3.42. The van der Waals surface area contributed by atoms with Gasteiger partial charge in [0.1, 0.15) is 0 Å². The van der Waals surface area contributed by atoms with Gasteiger partial charge in [-0.05, 0) is 18.9 Å². The Kier molecular flexibility index (Phi) is 5.35. The zero-order valence-electron chi connectivity index (χ0n) is 16.3. The van der Waals surface area contributed by atoms with Crippen LogP contribution < -0.4 is 0 Å². The van der Waals surface area contributed by atoms with Crippen molar-refractivity contribution in [2.75, 3.05) is 46.5 Å². The minimum absolute atomic E-state index is 0.155. The van der Waals surface area contributed by atoms with Crippen LogP contribution in [-0.4, -0.2) is 76.6 Å². The Morgan fingerprint density at radius 3 is 2.38 bits per heavy atom. The van der Waals surface area contributed by atoms with Gasteiger partial charge in [-0.15, -0.1) is 0 Å². The van der Waals surface area contributed by atoms with Crippen LogP contribution in [-0.2, 0) is 28.9 Å². The van der Waals surface area contributed by atoms with Gasteiger partial charge in [-0.2, -0.15) is 0 Å². The van der Waals surface area contributed by atoms with Gasteiger partial charge < -0.3 is 19.3 Å². The molecule has 0 radical (unpaired) electrons. The number of ether oxygens (including phenoxy) is 2. The summed E-state index contributed by atoms with van der Waals surface area (Å²) in [7, 11) is -2.54. The Labute approximate surface area is 170 Å². The second-order valence-electron chi connectivity index (χ2n) is 7.37. The Balaban J connectivity index is 1.73. The van der Waals surface area contributed by atoms with Crippen LogP contribution in [0.4, 0.5) is 0 Å². The number of carbonyl (C=O) groups is 2. The molecule has 1 aromatic carbocycles. The van der Waals surface area contributed by atoms with E-state index in [2.05, 4.69) is 0 Å². The number of nitrogens with zero attached hydrogens (tertiary/aromatic N) is 2. The topological polar surface area (TPSA) is 93.2 Å². The van der Waals surface area contributed by atoms with Crippen LogP contribution in [0.15, 0.2) is 34.1 Å². The number of esters is 1. The Hall–Kier alpha value is -2.39. The van der Waals surface area contributed by atoms with Crippen LogP contribution in [0.3, 0.4) is 0 Å². The molecule has 29 heavy (non-hydrogen) atoms. The average Bonchev–Trinajstić information content (AvgIpc) is 3.00. The smallest absolute Gasteiger partial charge is 0.308 e. The van der Waals surface area contributed by atoms with Crippen LogP contribution in [0, 0.1) is 5.92 Å². The first-order chi connectivity index (χ1) is 13.9. The van der Waals surface area contributed by atoms with Crippen LogP contribution in [0.1, 0.15) is 18.4 Å². The molecule has 2 fully saturated rings. The lowest BCUT2D eigenvalue weighted by Crippen LogP contribution is -2.43. The molecule has 156 valence electrons. The highest BCUT2D eigenvalue weighted by Gasteiger charge is 2.44. The minimum atomic E-state index is -3.91. The second-order valence-corrected chi connectivity index (χ2v) is 9.22. The molecule has 4 rings (SSSR count). The molecule has 0 bridgehead atoms. The Morgan fingerprint density at radius 1 is 1.07 bits per heavy atom. The van der Waals surface area contributed by atoms with E-state index in [0.29, 0.717) is 63.5 Å². The monoisotopic (exact) mass is 420 g/mol. The molecular weight excluding hydrogens is 396 g/mol. The SMILES string of the molecule is COC(=O)C1CCN(C2=C(C(=O)N3CCOCC3)S(=O)(=O)c3ccccc32)CC1. The van der Waals surface area contributed by atoms with E-state index in [1.807, 2.05) is 4.90 Å². The summed E-state index contributed by atoms with van der Waals surface area (Å²) in [6.45, 7) is 2.49. The molecule has 9 heteroatoms. The van der Waals surface area contributed by atoms with E-state index >= 15 is 0 Å². The number of piperidine rings is 1. The summed E-state index contributed by atoms with van der Waals surface area (Å²) in [5.74, 6) is -0.930. The number of fused-ring (bicyclic) bond motifs is 1. The number of likely N-dealkylation sites (tertiary alicyclic amines) is 1. The fourth-order valence-electron chi connectivity index (χ4n) is 4.20. The predicted molar refractivity (Wildman–Crippen MR) is 104 cm³/mol. The normalized spacial score (nSPS) is 21.8. The fraction of sp³-hybridized carbons (Fsp3) is 0.500. The summed E-state index contributed by atoms with van der Waals surface area (Å²) < 4.78 is 36.7. The number of hydrogen-bond donors (Lipinski definition) is 0. The van der Waals surface area contributed by atoms with Crippen LogP contribution in [0.2, 0.25) is 0 Å². The first-order valence-electron chi connectivity index (χ1n) is 9.73. The number of amides is 1. The van der Waals surface area contributed by atoms with Crippen molar-refractivity contribution in [2.24, 2.45) is 5.92 Å². The highest BCUT2D eigenvalue weighted by atomic mass is 32.2. The van der Waals surface area contributed by atoms with Crippen molar-refractivity contribution in [3.05, 3.63) is 34.7 Å². The first-order valence-corrected chi connectivity index (χ1v) is 11.2. The zero-order valence-corrected chi connectivity index (χ0v) is 17.1. The standard InChI is InChI=1S/C20H24N2O6S/c1-27-20(24)14-6-8-21(9-7-14)17-15-4-2-3-5-16(15)29(25,26)18(17)19(23)22-10-12-28-13-11-22/h2-5,14H,6-13H2,1H3. The molecule has 8 nitrogen and oxygen atoms in total. The molecule has 3 aliphatic heterocycles. The molecule has 3 heterocycles. The summed E-state index contributed by atoms with van der Waals surface area (Å²) in [5.41, 5.74) is 1.01. The average molecular weight is 420 g/mol. The molecule has 3 aliphatic rings. The highest BCUT2D eigenvalue weighted by Crippen LogP contribution is 2.43. The van der Waals surface area contributed by atoms with Gasteiger partial charge >= 0.3 is 5.97 Å². The quantitative estimate of drug-likeness (QED) is 0.671. The lowest BCUT2D eigenvalue weighted by Gasteiger charge is -2.34. The van der Waals surface area contributed by atoms with E-state index in [0.717, 1.165) is 0 Å². The maximum atomic E-state index is 13.3. The van der Waals surface area contributed by atoms with Gasteiger partial charge in [0, 0.05) is 31.7 Å². The van der Waals surface area contributed by atoms with E-state index in [1.165, 1.54) is 7.11 Å². The number of carbonyl (C=O) groups excluding carboxylic acids is 2. The fourth-order valence-corrected chi connectivity index (χ4v) is 5.99. The third-order valence-corrected chi connectivity index (χ3v) is 7.59. The van der Waals surface area contributed by atoms with E-state index in [9.17, 15) is 18.0 Å². The summed E-state index contributed by atoms with van der Waals surface area (Å²) in [6.07, 6.45) is 1.11. The Bertz CT molecular complexity index is 957. The highest BCUT2D eigenvalue weighted by molar-refractivity contribution is 7.97. The van der Waals surface area contributed by atoms with Crippen LogP contribution in [0.5, 0.6) is 0 Å². The minimum Gasteiger partial charge on any atom is -0.469 e. The molecule has 1 amide bonds. The van der Waals surface area contributed by atoms with Crippen molar-refractivity contribution in [2.45, 2.75) is 17.7 Å². The lowest BCUT2D eigenvalue weighted by atomic mass is 9.95. The number of rotatable bonds is 3. The maximum absolute atomic E-state index is 13.3. The summed E-state index contributed by atoms with van der Waals surface area (Å²) in [6, 6.07) is 6.73. The van der Waals surface area contributed by atoms with Crippen molar-refractivity contribution in [1.82, 2.24) is 9.80 Å². The van der Waals surface area contributed by atoms with Crippen molar-refractivity contribution in [1.29, 1.82) is 0 Å². The van der Waals surface area contributed by atoms with Crippen molar-refractivity contribution in [3.8, 4) is 0 Å². The van der Waals surface area contributed by atoms with Gasteiger partial charge in [-0.3, -0.25) is 9.59 Å². The second kappa shape index (κ2) is 7.79. The lowest BCUT2D eigenvalue weighted by molar-refractivity contribution is -0.146. The number of methoxy groups -OCH3 is 1. The molecule has 0 saturated carbocycles. The van der Waals surface area contributed by atoms with E-state index < -0.39 is 15.7 Å². The van der Waals surface area contributed by atoms with Gasteiger partial charge in [0.25, 0.3) is 5.91 Å². The van der Waals surface area contributed by atoms with E-state index in [1.54, 1.807) is 29.2 Å². The van der Waals surface area contributed by atoms with Gasteiger partial charge in [-0.25, -0.2) is 8.42 Å². The molecule has 0 atom stereocenters. The summed E-state index contributed by atoms with van der Waals surface area (Å²) in [4.78, 5) is 28.6. The Morgan fingerprint density at radius 2 is 1.72 bits per heavy atom. The molecule has 0 spiro atoms. The van der Waals surface area contributed by atoms with E-state index in [-0.39, 0.29) is 21.7 Å². The molecule has 0 aliphatic carbocycles. The molecule has 0 unspecified atom stereocenters. The van der Waals surface area contributed by atoms with Gasteiger partial charge in [0.05, 0.1) is 36.8 Å². The van der Waals surface area contributed by atoms with Gasteiger partial charge in [0.2, 0.25) is 9.84 Å². The van der Waals surface area contributed by atoms with E-state index in [4.69, 9.17) is 9.47 Å². The van der Waals surface area contributed by atoms with Crippen molar-refractivity contribution < 1.29 is 27.5 Å². The molecule has 1 aromatic rings.